The molecular formula is C22H24N2O5. The summed E-state index contributed by atoms with van der Waals surface area (Å²) in [4.78, 5) is 39.9. The fraction of sp³-hybridized carbons (Fsp3) is 0.318. The molecule has 1 aliphatic heterocycles. The Labute approximate surface area is 169 Å². The molecule has 0 radical (unpaired) electrons. The van der Waals surface area contributed by atoms with Gasteiger partial charge in [0.05, 0.1) is 12.3 Å². The van der Waals surface area contributed by atoms with E-state index in [0.717, 1.165) is 5.56 Å². The Kier molecular flexibility index (Phi) is 6.61. The summed E-state index contributed by atoms with van der Waals surface area (Å²) >= 11 is 0. The monoisotopic (exact) mass is 396 g/mol. The first-order valence-electron chi connectivity index (χ1n) is 9.50. The lowest BCUT2D eigenvalue weighted by atomic mass is 10.1. The van der Waals surface area contributed by atoms with Crippen molar-refractivity contribution in [2.24, 2.45) is 0 Å². The van der Waals surface area contributed by atoms with Gasteiger partial charge in [-0.25, -0.2) is 0 Å². The lowest BCUT2D eigenvalue weighted by molar-refractivity contribution is -0.132. The quantitative estimate of drug-likeness (QED) is 0.690. The van der Waals surface area contributed by atoms with E-state index in [-0.39, 0.29) is 50.3 Å². The maximum atomic E-state index is 12.8. The molecule has 0 aromatic heterocycles. The molecule has 7 nitrogen and oxygen atoms in total. The van der Waals surface area contributed by atoms with Crippen LogP contribution in [0.4, 0.5) is 5.69 Å². The van der Waals surface area contributed by atoms with Gasteiger partial charge >= 0.3 is 0 Å². The van der Waals surface area contributed by atoms with E-state index in [1.807, 2.05) is 30.3 Å². The molecule has 2 aromatic rings. The minimum absolute atomic E-state index is 0.0995. The van der Waals surface area contributed by atoms with Crippen molar-refractivity contribution < 1.29 is 24.2 Å². The maximum absolute atomic E-state index is 12.8. The summed E-state index contributed by atoms with van der Waals surface area (Å²) in [5.41, 5.74) is 1.94. The molecule has 2 aromatic carbocycles. The zero-order chi connectivity index (χ0) is 20.8. The number of carbonyl (C=O) groups excluding carboxylic acids is 3. The Morgan fingerprint density at radius 1 is 1.17 bits per heavy atom. The Hall–Kier alpha value is -3.19. The van der Waals surface area contributed by atoms with Crippen molar-refractivity contribution in [1.82, 2.24) is 4.90 Å². The first kappa shape index (κ1) is 20.5. The molecule has 2 amide bonds. The van der Waals surface area contributed by atoms with Crippen LogP contribution < -0.4 is 9.64 Å². The second-order valence-corrected chi connectivity index (χ2v) is 6.85. The van der Waals surface area contributed by atoms with Gasteiger partial charge in [-0.15, -0.1) is 0 Å². The number of ketones is 1. The maximum Gasteiger partial charge on any atom is 0.265 e. The molecule has 0 aliphatic carbocycles. The Morgan fingerprint density at radius 2 is 1.93 bits per heavy atom. The third kappa shape index (κ3) is 5.00. The Bertz CT molecular complexity index is 897. The smallest absolute Gasteiger partial charge is 0.265 e. The molecule has 0 fully saturated rings. The van der Waals surface area contributed by atoms with Gasteiger partial charge in [0.25, 0.3) is 5.91 Å². The molecule has 0 bridgehead atoms. The highest BCUT2D eigenvalue weighted by Crippen LogP contribution is 2.33. The van der Waals surface area contributed by atoms with Crippen LogP contribution in [0.15, 0.2) is 48.5 Å². The number of ether oxygens (including phenoxy) is 1. The summed E-state index contributed by atoms with van der Waals surface area (Å²) in [6.45, 7) is 1.99. The molecule has 3 rings (SSSR count). The van der Waals surface area contributed by atoms with E-state index in [1.54, 1.807) is 23.1 Å². The molecule has 1 heterocycles. The average Bonchev–Trinajstić information content (AvgIpc) is 2.72. The number of carbonyl (C=O) groups is 3. The summed E-state index contributed by atoms with van der Waals surface area (Å²) in [5, 5.41) is 9.33. The second kappa shape index (κ2) is 9.34. The van der Waals surface area contributed by atoms with Gasteiger partial charge in [0.15, 0.2) is 12.4 Å². The van der Waals surface area contributed by atoms with Crippen molar-refractivity contribution in [3.05, 3.63) is 59.7 Å². The molecule has 0 unspecified atom stereocenters. The number of aliphatic hydroxyl groups excluding tert-OH is 1. The topological polar surface area (TPSA) is 87.2 Å². The highest BCUT2D eigenvalue weighted by atomic mass is 16.5. The Balaban J connectivity index is 1.72. The molecule has 29 heavy (non-hydrogen) atoms. The van der Waals surface area contributed by atoms with Crippen LogP contribution in [0.3, 0.4) is 0 Å². The SMILES string of the molecule is CC(=O)c1ccc2c(c1)N(CCC(=O)N(CCO)Cc1ccccc1)C(=O)CO2. The van der Waals surface area contributed by atoms with E-state index in [9.17, 15) is 19.5 Å². The van der Waals surface area contributed by atoms with Crippen LogP contribution in [0.2, 0.25) is 0 Å². The largest absolute Gasteiger partial charge is 0.482 e. The highest BCUT2D eigenvalue weighted by molar-refractivity contribution is 6.01. The van der Waals surface area contributed by atoms with Gasteiger partial charge in [-0.3, -0.25) is 14.4 Å². The third-order valence-corrected chi connectivity index (χ3v) is 4.80. The molecule has 0 saturated carbocycles. The van der Waals surface area contributed by atoms with Crippen LogP contribution in [0, 0.1) is 0 Å². The first-order chi connectivity index (χ1) is 14.0. The zero-order valence-corrected chi connectivity index (χ0v) is 16.3. The van der Waals surface area contributed by atoms with Crippen molar-refractivity contribution >= 4 is 23.3 Å². The summed E-state index contributed by atoms with van der Waals surface area (Å²) in [5.74, 6) is -0.0217. The lowest BCUT2D eigenvalue weighted by Gasteiger charge is -2.30. The lowest BCUT2D eigenvalue weighted by Crippen LogP contribution is -2.42. The van der Waals surface area contributed by atoms with Crippen LogP contribution in [0.1, 0.15) is 29.3 Å². The van der Waals surface area contributed by atoms with Gasteiger partial charge in [0.2, 0.25) is 5.91 Å². The number of hydrogen-bond donors (Lipinski definition) is 1. The van der Waals surface area contributed by atoms with E-state index in [0.29, 0.717) is 23.5 Å². The molecule has 0 spiro atoms. The number of rotatable bonds is 8. The molecule has 152 valence electrons. The number of nitrogens with zero attached hydrogens (tertiary/aromatic N) is 2. The van der Waals surface area contributed by atoms with Gasteiger partial charge in [-0.05, 0) is 30.7 Å². The number of Topliss-reactive ketones (excluding diaryl/α,β-unsaturated/α-hetero) is 1. The first-order valence-corrected chi connectivity index (χ1v) is 9.50. The number of fused-ring (bicyclic) bond motifs is 1. The second-order valence-electron chi connectivity index (χ2n) is 6.85. The van der Waals surface area contributed by atoms with Crippen LogP contribution in [-0.2, 0) is 16.1 Å². The average molecular weight is 396 g/mol. The van der Waals surface area contributed by atoms with Crippen molar-refractivity contribution in [2.45, 2.75) is 19.9 Å². The molecule has 0 saturated heterocycles. The number of aliphatic hydroxyl groups is 1. The summed E-state index contributed by atoms with van der Waals surface area (Å²) in [7, 11) is 0. The van der Waals surface area contributed by atoms with E-state index in [2.05, 4.69) is 0 Å². The van der Waals surface area contributed by atoms with Crippen molar-refractivity contribution in [3.8, 4) is 5.75 Å². The van der Waals surface area contributed by atoms with Gasteiger partial charge in [0.1, 0.15) is 5.75 Å². The van der Waals surface area contributed by atoms with Crippen LogP contribution in [-0.4, -0.2) is 53.9 Å². The predicted octanol–water partition coefficient (Wildman–Crippen LogP) is 2.03. The van der Waals surface area contributed by atoms with Gasteiger partial charge in [0, 0.05) is 31.6 Å². The van der Waals surface area contributed by atoms with Gasteiger partial charge in [-0.1, -0.05) is 30.3 Å². The molecule has 7 heteroatoms. The highest BCUT2D eigenvalue weighted by Gasteiger charge is 2.27. The van der Waals surface area contributed by atoms with Crippen LogP contribution in [0.5, 0.6) is 5.75 Å². The number of hydrogen-bond acceptors (Lipinski definition) is 5. The van der Waals surface area contributed by atoms with E-state index in [1.165, 1.54) is 11.8 Å². The number of amides is 2. The molecular weight excluding hydrogens is 372 g/mol. The van der Waals surface area contributed by atoms with Gasteiger partial charge in [-0.2, -0.15) is 0 Å². The summed E-state index contributed by atoms with van der Waals surface area (Å²) < 4.78 is 5.44. The fourth-order valence-electron chi connectivity index (χ4n) is 3.25. The zero-order valence-electron chi connectivity index (χ0n) is 16.3. The molecule has 1 N–H and O–H groups in total. The van der Waals surface area contributed by atoms with Crippen molar-refractivity contribution in [1.29, 1.82) is 0 Å². The summed E-state index contributed by atoms with van der Waals surface area (Å²) in [6.07, 6.45) is 0.0995. The van der Waals surface area contributed by atoms with Crippen LogP contribution >= 0.6 is 0 Å². The van der Waals surface area contributed by atoms with Crippen LogP contribution in [0.25, 0.3) is 0 Å². The van der Waals surface area contributed by atoms with E-state index < -0.39 is 0 Å². The van der Waals surface area contributed by atoms with E-state index >= 15 is 0 Å². The number of benzene rings is 2. The number of anilines is 1. The normalized spacial score (nSPS) is 12.9. The Morgan fingerprint density at radius 3 is 2.62 bits per heavy atom. The minimum Gasteiger partial charge on any atom is -0.482 e. The molecule has 0 atom stereocenters. The van der Waals surface area contributed by atoms with Crippen molar-refractivity contribution in [2.75, 3.05) is 31.2 Å². The third-order valence-electron chi connectivity index (χ3n) is 4.80. The summed E-state index contributed by atoms with van der Waals surface area (Å²) in [6, 6.07) is 14.5. The van der Waals surface area contributed by atoms with E-state index in [4.69, 9.17) is 4.74 Å². The fourth-order valence-corrected chi connectivity index (χ4v) is 3.25. The minimum atomic E-state index is -0.261. The predicted molar refractivity (Wildman–Crippen MR) is 108 cm³/mol. The standard InChI is InChI=1S/C22H24N2O5/c1-16(26)18-7-8-20-19(13-18)24(22(28)15-29-20)10-9-21(27)23(11-12-25)14-17-5-3-2-4-6-17/h2-8,13,25H,9-12,14-15H2,1H3. The van der Waals surface area contributed by atoms with Crippen molar-refractivity contribution in [3.63, 3.8) is 0 Å². The van der Waals surface area contributed by atoms with Gasteiger partial charge < -0.3 is 19.6 Å². The molecule has 1 aliphatic rings.